The molecule has 0 radical (unpaired) electrons. The lowest BCUT2D eigenvalue weighted by Crippen LogP contribution is -2.42. The predicted octanol–water partition coefficient (Wildman–Crippen LogP) is 2.61. The van der Waals surface area contributed by atoms with Gasteiger partial charge in [-0.3, -0.25) is 4.90 Å². The van der Waals surface area contributed by atoms with Gasteiger partial charge < -0.3 is 24.9 Å². The van der Waals surface area contributed by atoms with E-state index in [0.29, 0.717) is 12.5 Å². The minimum absolute atomic E-state index is 0. The Kier molecular flexibility index (Phi) is 11.3. The maximum atomic E-state index is 10.9. The second-order valence-electron chi connectivity index (χ2n) is 7.80. The molecule has 2 aromatic rings. The first-order valence-electron chi connectivity index (χ1n) is 10.8. The number of morpholine rings is 1. The van der Waals surface area contributed by atoms with Crippen molar-refractivity contribution in [3.05, 3.63) is 60.1 Å². The van der Waals surface area contributed by atoms with Crippen molar-refractivity contribution in [2.24, 2.45) is 4.99 Å². The molecule has 2 heterocycles. The van der Waals surface area contributed by atoms with Crippen molar-refractivity contribution < 1.29 is 14.3 Å². The van der Waals surface area contributed by atoms with Gasteiger partial charge in [0.25, 0.3) is 0 Å². The molecule has 3 rings (SSSR count). The van der Waals surface area contributed by atoms with Crippen molar-refractivity contribution in [3.8, 4) is 0 Å². The molecule has 1 saturated heterocycles. The smallest absolute Gasteiger partial charge is 0.191 e. The average molecular weight is 542 g/mol. The summed E-state index contributed by atoms with van der Waals surface area (Å²) in [6.45, 7) is 8.28. The van der Waals surface area contributed by atoms with Gasteiger partial charge in [-0.2, -0.15) is 0 Å². The number of hydrogen-bond acceptors (Lipinski definition) is 5. The topological polar surface area (TPSA) is 82.3 Å². The summed E-state index contributed by atoms with van der Waals surface area (Å²) in [4.78, 5) is 7.08. The summed E-state index contributed by atoms with van der Waals surface area (Å²) in [6.07, 6.45) is 3.48. The van der Waals surface area contributed by atoms with E-state index in [9.17, 15) is 5.11 Å². The lowest BCUT2D eigenvalue weighted by atomic mass is 9.96. The van der Waals surface area contributed by atoms with E-state index in [1.807, 2.05) is 42.5 Å². The normalized spacial score (nSPS) is 16.9. The largest absolute Gasteiger partial charge is 0.469 e. The minimum atomic E-state index is -1.02. The molecular formula is C23H35IN4O3. The van der Waals surface area contributed by atoms with Crippen LogP contribution in [0.5, 0.6) is 0 Å². The quantitative estimate of drug-likeness (QED) is 0.185. The molecule has 7 nitrogen and oxygen atoms in total. The maximum Gasteiger partial charge on any atom is 0.191 e. The second-order valence-corrected chi connectivity index (χ2v) is 7.80. The summed E-state index contributed by atoms with van der Waals surface area (Å²) in [7, 11) is 0. The molecule has 1 unspecified atom stereocenters. The highest BCUT2D eigenvalue weighted by atomic mass is 127. The molecule has 1 aromatic carbocycles. The van der Waals surface area contributed by atoms with Crippen LogP contribution in [0.15, 0.2) is 58.1 Å². The summed E-state index contributed by atoms with van der Waals surface area (Å²) < 4.78 is 10.8. The average Bonchev–Trinajstić information content (AvgIpc) is 3.29. The number of hydrogen-bond donors (Lipinski definition) is 3. The van der Waals surface area contributed by atoms with E-state index in [-0.39, 0.29) is 30.5 Å². The van der Waals surface area contributed by atoms with E-state index in [0.717, 1.165) is 63.6 Å². The zero-order valence-electron chi connectivity index (χ0n) is 18.3. The van der Waals surface area contributed by atoms with Gasteiger partial charge in [-0.25, -0.2) is 4.99 Å². The van der Waals surface area contributed by atoms with Gasteiger partial charge in [-0.15, -0.1) is 24.0 Å². The number of aliphatic imine (C=N–C) groups is 1. The van der Waals surface area contributed by atoms with Crippen molar-refractivity contribution >= 4 is 29.9 Å². The van der Waals surface area contributed by atoms with Crippen molar-refractivity contribution in [2.75, 3.05) is 52.5 Å². The number of guanidine groups is 1. The van der Waals surface area contributed by atoms with Crippen LogP contribution in [0.3, 0.4) is 0 Å². The lowest BCUT2D eigenvalue weighted by Gasteiger charge is -2.26. The van der Waals surface area contributed by atoms with Crippen LogP contribution >= 0.6 is 24.0 Å². The van der Waals surface area contributed by atoms with Crippen molar-refractivity contribution in [1.82, 2.24) is 15.5 Å². The zero-order chi connectivity index (χ0) is 21.1. The molecule has 3 N–H and O–H groups in total. The highest BCUT2D eigenvalue weighted by molar-refractivity contribution is 14.0. The fourth-order valence-corrected chi connectivity index (χ4v) is 3.39. The van der Waals surface area contributed by atoms with Gasteiger partial charge in [0.1, 0.15) is 11.4 Å². The maximum absolute atomic E-state index is 10.9. The van der Waals surface area contributed by atoms with E-state index in [1.54, 1.807) is 13.2 Å². The number of halogens is 1. The number of ether oxygens (including phenoxy) is 1. The van der Waals surface area contributed by atoms with Gasteiger partial charge in [-0.05, 0) is 37.6 Å². The molecule has 31 heavy (non-hydrogen) atoms. The summed E-state index contributed by atoms with van der Waals surface area (Å²) >= 11 is 0. The molecular weight excluding hydrogens is 507 g/mol. The monoisotopic (exact) mass is 542 g/mol. The van der Waals surface area contributed by atoms with Gasteiger partial charge in [0, 0.05) is 32.6 Å². The van der Waals surface area contributed by atoms with Crippen LogP contribution in [0, 0.1) is 0 Å². The number of rotatable bonds is 10. The van der Waals surface area contributed by atoms with E-state index in [1.165, 1.54) is 0 Å². The van der Waals surface area contributed by atoms with Crippen LogP contribution in [0.2, 0.25) is 0 Å². The van der Waals surface area contributed by atoms with Crippen molar-refractivity contribution in [3.63, 3.8) is 0 Å². The molecule has 1 aliphatic heterocycles. The molecule has 0 aliphatic carbocycles. The van der Waals surface area contributed by atoms with Gasteiger partial charge >= 0.3 is 0 Å². The van der Waals surface area contributed by atoms with Crippen LogP contribution < -0.4 is 10.6 Å². The van der Waals surface area contributed by atoms with E-state index in [4.69, 9.17) is 9.15 Å². The summed E-state index contributed by atoms with van der Waals surface area (Å²) in [5, 5.41) is 17.6. The summed E-state index contributed by atoms with van der Waals surface area (Å²) in [6, 6.07) is 13.5. The first-order valence-corrected chi connectivity index (χ1v) is 10.8. The molecule has 0 spiro atoms. The van der Waals surface area contributed by atoms with E-state index in [2.05, 4.69) is 20.5 Å². The Morgan fingerprint density at radius 3 is 2.55 bits per heavy atom. The Morgan fingerprint density at radius 1 is 1.10 bits per heavy atom. The molecule has 0 amide bonds. The lowest BCUT2D eigenvalue weighted by molar-refractivity contribution is 0.0376. The van der Waals surface area contributed by atoms with Crippen LogP contribution in [0.4, 0.5) is 0 Å². The standard InChI is InChI=1S/C23H34N4O3.HI/c1-23(28,20-7-3-2-4-8-20)19-26-22(25-12-10-21-9-5-16-30-21)24-11-6-13-27-14-17-29-18-15-27;/h2-5,7-9,16,28H,6,10-15,17-19H2,1H3,(H2,24,25,26);1H. The Bertz CT molecular complexity index is 747. The number of nitrogens with one attached hydrogen (secondary N) is 2. The highest BCUT2D eigenvalue weighted by Gasteiger charge is 2.22. The van der Waals surface area contributed by atoms with Crippen LogP contribution in [0.1, 0.15) is 24.7 Å². The Morgan fingerprint density at radius 2 is 1.84 bits per heavy atom. The summed E-state index contributed by atoms with van der Waals surface area (Å²) in [5.74, 6) is 1.64. The highest BCUT2D eigenvalue weighted by Crippen LogP contribution is 2.20. The Hall–Kier alpha value is -1.62. The minimum Gasteiger partial charge on any atom is -0.469 e. The van der Waals surface area contributed by atoms with Crippen LogP contribution in [-0.2, 0) is 16.8 Å². The molecule has 1 aromatic heterocycles. The van der Waals surface area contributed by atoms with Crippen molar-refractivity contribution in [2.45, 2.75) is 25.4 Å². The molecule has 0 saturated carbocycles. The molecule has 8 heteroatoms. The SMILES string of the molecule is CC(O)(CN=C(NCCCN1CCOCC1)NCCc1ccco1)c1ccccc1.I. The van der Waals surface area contributed by atoms with E-state index < -0.39 is 5.60 Å². The molecule has 1 atom stereocenters. The summed E-state index contributed by atoms with van der Waals surface area (Å²) in [5.41, 5.74) is -0.166. The molecule has 1 aliphatic rings. The van der Waals surface area contributed by atoms with Gasteiger partial charge in [0.15, 0.2) is 5.96 Å². The second kappa shape index (κ2) is 13.7. The number of furan rings is 1. The fraction of sp³-hybridized carbons (Fsp3) is 0.522. The first kappa shape index (κ1) is 25.6. The third-order valence-electron chi connectivity index (χ3n) is 5.23. The predicted molar refractivity (Wildman–Crippen MR) is 134 cm³/mol. The van der Waals surface area contributed by atoms with E-state index >= 15 is 0 Å². The third kappa shape index (κ3) is 9.18. The Balaban J connectivity index is 0.00000341. The Labute approximate surface area is 202 Å². The fourth-order valence-electron chi connectivity index (χ4n) is 3.39. The third-order valence-corrected chi connectivity index (χ3v) is 5.23. The van der Waals surface area contributed by atoms with Gasteiger partial charge in [0.05, 0.1) is 26.0 Å². The molecule has 172 valence electrons. The van der Waals surface area contributed by atoms with Crippen LogP contribution in [-0.4, -0.2) is 68.4 Å². The zero-order valence-corrected chi connectivity index (χ0v) is 20.6. The van der Waals surface area contributed by atoms with Crippen LogP contribution in [0.25, 0.3) is 0 Å². The van der Waals surface area contributed by atoms with Crippen molar-refractivity contribution in [1.29, 1.82) is 0 Å². The van der Waals surface area contributed by atoms with Gasteiger partial charge in [-0.1, -0.05) is 30.3 Å². The molecule has 0 bridgehead atoms. The molecule has 1 fully saturated rings. The number of aliphatic hydroxyl groups is 1. The number of benzene rings is 1. The van der Waals surface area contributed by atoms with Gasteiger partial charge in [0.2, 0.25) is 0 Å². The number of nitrogens with zero attached hydrogens (tertiary/aromatic N) is 2. The first-order chi connectivity index (χ1) is 14.6.